The van der Waals surface area contributed by atoms with Crippen LogP contribution in [0.2, 0.25) is 5.02 Å². The number of rotatable bonds is 1. The molecule has 58 valence electrons. The summed E-state index contributed by atoms with van der Waals surface area (Å²) in [4.78, 5) is 0. The van der Waals surface area contributed by atoms with E-state index in [1.165, 1.54) is 12.1 Å². The summed E-state index contributed by atoms with van der Waals surface area (Å²) in [6.07, 6.45) is 0. The Morgan fingerprint density at radius 3 is 2.73 bits per heavy atom. The third kappa shape index (κ3) is 2.11. The molecule has 0 aromatic heterocycles. The molecular weight excluding hydrogens is 297 g/mol. The van der Waals surface area contributed by atoms with Crippen LogP contribution < -0.4 is 4.35 Å². The summed E-state index contributed by atoms with van der Waals surface area (Å²) in [6.45, 7) is 0. The minimum atomic E-state index is -1.25. The summed E-state index contributed by atoms with van der Waals surface area (Å²) in [5.41, 5.74) is 0. The van der Waals surface area contributed by atoms with E-state index in [0.717, 1.165) is 0 Å². The van der Waals surface area contributed by atoms with Gasteiger partial charge in [-0.3, -0.25) is 0 Å². The number of hydrogen-bond donors (Lipinski definition) is 0. The molecule has 0 fully saturated rings. The van der Waals surface area contributed by atoms with Gasteiger partial charge in [0.05, 0.1) is 0 Å². The maximum absolute atomic E-state index is 12.7. The van der Waals surface area contributed by atoms with Crippen LogP contribution in [0.3, 0.4) is 0 Å². The van der Waals surface area contributed by atoms with Gasteiger partial charge in [0, 0.05) is 0 Å². The summed E-state index contributed by atoms with van der Waals surface area (Å²) in [5, 5.41) is 0.341. The van der Waals surface area contributed by atoms with Crippen molar-refractivity contribution in [1.29, 1.82) is 0 Å². The Morgan fingerprint density at radius 2 is 2.18 bits per heavy atom. The van der Waals surface area contributed by atoms with Crippen LogP contribution in [0.25, 0.3) is 0 Å². The van der Waals surface area contributed by atoms with Crippen LogP contribution in [0.4, 0.5) is 4.39 Å². The Morgan fingerprint density at radius 1 is 1.55 bits per heavy atom. The van der Waals surface area contributed by atoms with Gasteiger partial charge in [-0.05, 0) is 0 Å². The van der Waals surface area contributed by atoms with Crippen LogP contribution >= 0.6 is 27.5 Å². The van der Waals surface area contributed by atoms with Crippen molar-refractivity contribution in [3.63, 3.8) is 0 Å². The molecule has 11 heavy (non-hydrogen) atoms. The maximum atomic E-state index is 12.7. The van der Waals surface area contributed by atoms with E-state index in [9.17, 15) is 8.13 Å². The standard InChI is InChI=1S/C6H2AsBrClFO/c8-4-2-5(9)3(7-11)1-6(4)10/h1-2H. The zero-order chi connectivity index (χ0) is 8.43. The van der Waals surface area contributed by atoms with E-state index in [4.69, 9.17) is 11.6 Å². The van der Waals surface area contributed by atoms with Crippen molar-refractivity contribution in [2.24, 2.45) is 0 Å². The molecule has 1 aromatic carbocycles. The van der Waals surface area contributed by atoms with Gasteiger partial charge in [-0.25, -0.2) is 0 Å². The van der Waals surface area contributed by atoms with Crippen LogP contribution in [-0.2, 0) is 3.74 Å². The van der Waals surface area contributed by atoms with Crippen molar-refractivity contribution in [3.05, 3.63) is 27.4 Å². The predicted molar refractivity (Wildman–Crippen MR) is 45.2 cm³/mol. The molecule has 0 aliphatic rings. The minimum absolute atomic E-state index is 0.293. The monoisotopic (exact) mass is 298 g/mol. The third-order valence-corrected chi connectivity index (χ3v) is 3.48. The Balaban J connectivity index is 3.31. The predicted octanol–water partition coefficient (Wildman–Crippen LogP) is 1.92. The van der Waals surface area contributed by atoms with Crippen molar-refractivity contribution < 1.29 is 8.13 Å². The summed E-state index contributed by atoms with van der Waals surface area (Å²) in [6, 6.07) is 2.58. The van der Waals surface area contributed by atoms with E-state index < -0.39 is 21.5 Å². The quantitative estimate of drug-likeness (QED) is 0.572. The molecule has 1 aromatic rings. The molecule has 0 aliphatic carbocycles. The first-order valence-corrected chi connectivity index (χ1v) is 5.50. The van der Waals surface area contributed by atoms with Gasteiger partial charge in [0.1, 0.15) is 0 Å². The Kier molecular flexibility index (Phi) is 3.23. The topological polar surface area (TPSA) is 17.1 Å². The van der Waals surface area contributed by atoms with E-state index in [-0.39, 0.29) is 0 Å². The molecule has 1 nitrogen and oxygen atoms in total. The van der Waals surface area contributed by atoms with Gasteiger partial charge in [-0.2, -0.15) is 0 Å². The summed E-state index contributed by atoms with van der Waals surface area (Å²) >= 11 is 7.33. The first kappa shape index (κ1) is 9.37. The van der Waals surface area contributed by atoms with Crippen molar-refractivity contribution >= 4 is 47.6 Å². The van der Waals surface area contributed by atoms with Crippen molar-refractivity contribution in [2.75, 3.05) is 0 Å². The number of benzene rings is 1. The van der Waals surface area contributed by atoms with Crippen molar-refractivity contribution in [2.45, 2.75) is 0 Å². The third-order valence-electron chi connectivity index (χ3n) is 1.09. The molecule has 0 radical (unpaired) electrons. The van der Waals surface area contributed by atoms with E-state index in [1.807, 2.05) is 0 Å². The molecular formula is C6H2AsBrClFO. The van der Waals surface area contributed by atoms with Gasteiger partial charge in [0.15, 0.2) is 0 Å². The molecule has 0 saturated heterocycles. The molecule has 0 amide bonds. The van der Waals surface area contributed by atoms with E-state index in [1.54, 1.807) is 0 Å². The Labute approximate surface area is 83.0 Å². The molecule has 0 aliphatic heterocycles. The normalized spacial score (nSPS) is 10.5. The fourth-order valence-electron chi connectivity index (χ4n) is 0.582. The second kappa shape index (κ2) is 3.79. The van der Waals surface area contributed by atoms with Crippen LogP contribution in [0.15, 0.2) is 16.6 Å². The van der Waals surface area contributed by atoms with Gasteiger partial charge >= 0.3 is 83.1 Å². The Hall–Kier alpha value is 0.278. The second-order valence-electron chi connectivity index (χ2n) is 1.81. The summed E-state index contributed by atoms with van der Waals surface area (Å²) < 4.78 is 23.8. The van der Waals surface area contributed by atoms with Gasteiger partial charge in [-0.1, -0.05) is 0 Å². The van der Waals surface area contributed by atoms with Crippen LogP contribution in [0, 0.1) is 5.82 Å². The van der Waals surface area contributed by atoms with Crippen LogP contribution in [0.1, 0.15) is 0 Å². The molecule has 1 rings (SSSR count). The molecule has 5 heteroatoms. The second-order valence-corrected chi connectivity index (χ2v) is 4.46. The molecule has 0 saturated carbocycles. The van der Waals surface area contributed by atoms with Gasteiger partial charge in [0.2, 0.25) is 0 Å². The van der Waals surface area contributed by atoms with E-state index in [0.29, 0.717) is 13.8 Å². The van der Waals surface area contributed by atoms with E-state index in [2.05, 4.69) is 15.9 Å². The Bertz CT molecular complexity index is 305. The van der Waals surface area contributed by atoms with Gasteiger partial charge in [-0.15, -0.1) is 0 Å². The molecule has 0 unspecified atom stereocenters. The molecule has 0 N–H and O–H groups in total. The average Bonchev–Trinajstić information content (AvgIpc) is 1.97. The first-order chi connectivity index (χ1) is 5.15. The van der Waals surface area contributed by atoms with Crippen LogP contribution in [-0.4, -0.2) is 15.7 Å². The first-order valence-electron chi connectivity index (χ1n) is 2.63. The summed E-state index contributed by atoms with van der Waals surface area (Å²) in [5.74, 6) is -0.435. The van der Waals surface area contributed by atoms with Crippen LogP contribution in [0.5, 0.6) is 0 Å². The van der Waals surface area contributed by atoms with Crippen molar-refractivity contribution in [3.8, 4) is 0 Å². The molecule has 0 bridgehead atoms. The molecule has 0 atom stereocenters. The number of hydrogen-bond acceptors (Lipinski definition) is 1. The molecule has 0 heterocycles. The SMILES string of the molecule is O=[As]c1cc(F)c(Br)cc1Cl. The summed E-state index contributed by atoms with van der Waals surface area (Å²) in [7, 11) is 0. The van der Waals surface area contributed by atoms with E-state index >= 15 is 0 Å². The van der Waals surface area contributed by atoms with Crippen molar-refractivity contribution in [1.82, 2.24) is 0 Å². The fourth-order valence-corrected chi connectivity index (χ4v) is 2.07. The van der Waals surface area contributed by atoms with Gasteiger partial charge < -0.3 is 0 Å². The average molecular weight is 299 g/mol. The van der Waals surface area contributed by atoms with Gasteiger partial charge in [0.25, 0.3) is 0 Å². The zero-order valence-corrected chi connectivity index (χ0v) is 9.36. The number of halogens is 3. The zero-order valence-electron chi connectivity index (χ0n) is 5.14. The molecule has 0 spiro atoms. The fraction of sp³-hybridized carbons (Fsp3) is 0.